The van der Waals surface area contributed by atoms with Gasteiger partial charge in [-0.1, -0.05) is 6.08 Å². The summed E-state index contributed by atoms with van der Waals surface area (Å²) in [5, 5.41) is 0. The molecule has 2 heterocycles. The number of halogens is 3. The second-order valence-electron chi connectivity index (χ2n) is 7.18. The molecule has 0 saturated carbocycles. The van der Waals surface area contributed by atoms with Crippen molar-refractivity contribution in [3.63, 3.8) is 0 Å². The van der Waals surface area contributed by atoms with Crippen LogP contribution in [0, 0.1) is 23.4 Å². The first-order chi connectivity index (χ1) is 13.8. The standard InChI is InChI=1S/C21H19F3O4S/c1-2-3-18-15-12-28-20-17(24)9-8-16(23)19(20)21(15,10-11-27-18)29(25,26)14-6-4-13(22)5-7-14/h2,4-9,15,18H,1,3,10-12H2/t15-,18-,21-/m0/s1. The molecule has 1 saturated heterocycles. The lowest BCUT2D eigenvalue weighted by Crippen LogP contribution is -2.57. The number of rotatable bonds is 4. The first-order valence-electron chi connectivity index (χ1n) is 9.17. The summed E-state index contributed by atoms with van der Waals surface area (Å²) in [5.41, 5.74) is -0.324. The van der Waals surface area contributed by atoms with E-state index in [2.05, 4.69) is 6.58 Å². The molecule has 2 aliphatic rings. The number of hydrogen-bond donors (Lipinski definition) is 0. The van der Waals surface area contributed by atoms with Crippen molar-refractivity contribution in [3.05, 3.63) is 72.1 Å². The van der Waals surface area contributed by atoms with Crippen molar-refractivity contribution >= 4 is 9.84 Å². The van der Waals surface area contributed by atoms with E-state index in [1.165, 1.54) is 0 Å². The van der Waals surface area contributed by atoms with Gasteiger partial charge in [-0.25, -0.2) is 21.6 Å². The fourth-order valence-corrected chi connectivity index (χ4v) is 6.79. The third kappa shape index (κ3) is 2.88. The fraction of sp³-hybridized carbons (Fsp3) is 0.333. The van der Waals surface area contributed by atoms with Crippen LogP contribution < -0.4 is 4.74 Å². The summed E-state index contributed by atoms with van der Waals surface area (Å²) >= 11 is 0. The number of sulfone groups is 1. The van der Waals surface area contributed by atoms with Crippen LogP contribution >= 0.6 is 0 Å². The molecule has 0 bridgehead atoms. The lowest BCUT2D eigenvalue weighted by molar-refractivity contribution is -0.0704. The summed E-state index contributed by atoms with van der Waals surface area (Å²) < 4.78 is 80.2. The Morgan fingerprint density at radius 3 is 2.48 bits per heavy atom. The van der Waals surface area contributed by atoms with Crippen molar-refractivity contribution in [2.24, 2.45) is 5.92 Å². The molecule has 0 unspecified atom stereocenters. The molecule has 0 spiro atoms. The molecular formula is C21H19F3O4S. The molecule has 1 fully saturated rings. The Bertz CT molecular complexity index is 1050. The van der Waals surface area contributed by atoms with Crippen LogP contribution in [0.5, 0.6) is 5.75 Å². The van der Waals surface area contributed by atoms with Crippen LogP contribution in [0.1, 0.15) is 18.4 Å². The van der Waals surface area contributed by atoms with E-state index in [-0.39, 0.29) is 30.1 Å². The van der Waals surface area contributed by atoms with E-state index in [0.717, 1.165) is 36.4 Å². The molecule has 8 heteroatoms. The molecule has 0 radical (unpaired) electrons. The average Bonchev–Trinajstić information content (AvgIpc) is 2.71. The van der Waals surface area contributed by atoms with Crippen LogP contribution in [-0.2, 0) is 19.3 Å². The van der Waals surface area contributed by atoms with Gasteiger partial charge < -0.3 is 9.47 Å². The fourth-order valence-electron chi connectivity index (χ4n) is 4.45. The summed E-state index contributed by atoms with van der Waals surface area (Å²) in [6.07, 6.45) is 1.22. The van der Waals surface area contributed by atoms with E-state index in [1.807, 2.05) is 0 Å². The van der Waals surface area contributed by atoms with Crippen molar-refractivity contribution < 1.29 is 31.1 Å². The molecule has 2 aromatic carbocycles. The van der Waals surface area contributed by atoms with E-state index >= 15 is 4.39 Å². The summed E-state index contributed by atoms with van der Waals surface area (Å²) in [6.45, 7) is 3.55. The lowest BCUT2D eigenvalue weighted by atomic mass is 9.75. The van der Waals surface area contributed by atoms with Crippen LogP contribution in [0.4, 0.5) is 13.2 Å². The zero-order valence-electron chi connectivity index (χ0n) is 15.4. The molecule has 0 amide bonds. The first-order valence-corrected chi connectivity index (χ1v) is 10.6. The molecular weight excluding hydrogens is 405 g/mol. The van der Waals surface area contributed by atoms with Crippen LogP contribution in [0.15, 0.2) is 53.9 Å². The second kappa shape index (κ2) is 7.18. The van der Waals surface area contributed by atoms with Gasteiger partial charge in [0.15, 0.2) is 21.4 Å². The monoisotopic (exact) mass is 424 g/mol. The van der Waals surface area contributed by atoms with Crippen LogP contribution in [-0.4, -0.2) is 27.7 Å². The van der Waals surface area contributed by atoms with Crippen molar-refractivity contribution in [1.29, 1.82) is 0 Å². The second-order valence-corrected chi connectivity index (χ2v) is 9.39. The Morgan fingerprint density at radius 2 is 1.79 bits per heavy atom. The van der Waals surface area contributed by atoms with Gasteiger partial charge in [-0.2, -0.15) is 0 Å². The predicted octanol–water partition coefficient (Wildman–Crippen LogP) is 4.15. The average molecular weight is 424 g/mol. The Balaban J connectivity index is 2.03. The Hall–Kier alpha value is -2.32. The maximum absolute atomic E-state index is 15.1. The summed E-state index contributed by atoms with van der Waals surface area (Å²) in [4.78, 5) is -0.167. The Kier molecular flexibility index (Phi) is 4.94. The highest BCUT2D eigenvalue weighted by Gasteiger charge is 2.61. The highest BCUT2D eigenvalue weighted by molar-refractivity contribution is 7.92. The quantitative estimate of drug-likeness (QED) is 0.547. The van der Waals surface area contributed by atoms with Gasteiger partial charge in [0.25, 0.3) is 0 Å². The molecule has 29 heavy (non-hydrogen) atoms. The van der Waals surface area contributed by atoms with Gasteiger partial charge in [-0.3, -0.25) is 0 Å². The highest BCUT2D eigenvalue weighted by atomic mass is 32.2. The van der Waals surface area contributed by atoms with Gasteiger partial charge in [0.1, 0.15) is 16.4 Å². The van der Waals surface area contributed by atoms with Gasteiger partial charge in [0, 0.05) is 12.5 Å². The van der Waals surface area contributed by atoms with Gasteiger partial charge >= 0.3 is 0 Å². The normalized spacial score (nSPS) is 26.2. The maximum atomic E-state index is 15.1. The van der Waals surface area contributed by atoms with Crippen LogP contribution in [0.2, 0.25) is 0 Å². The minimum atomic E-state index is -4.27. The zero-order valence-corrected chi connectivity index (χ0v) is 16.2. The SMILES string of the molecule is C=CC[C@@H]1OCC[C@@]2(S(=O)(=O)c3ccc(F)cc3)c3c(F)ccc(F)c3OC[C@@H]12. The predicted molar refractivity (Wildman–Crippen MR) is 99.8 cm³/mol. The van der Waals surface area contributed by atoms with Gasteiger partial charge in [-0.05, 0) is 49.2 Å². The maximum Gasteiger partial charge on any atom is 0.189 e. The molecule has 2 aromatic rings. The summed E-state index contributed by atoms with van der Waals surface area (Å²) in [6, 6.07) is 6.15. The van der Waals surface area contributed by atoms with Gasteiger partial charge in [0.05, 0.1) is 23.2 Å². The number of ether oxygens (including phenoxy) is 2. The number of hydrogen-bond acceptors (Lipinski definition) is 4. The molecule has 154 valence electrons. The zero-order chi connectivity index (χ0) is 20.8. The van der Waals surface area contributed by atoms with E-state index in [9.17, 15) is 17.2 Å². The highest BCUT2D eigenvalue weighted by Crippen LogP contribution is 2.55. The van der Waals surface area contributed by atoms with E-state index in [4.69, 9.17) is 9.47 Å². The van der Waals surface area contributed by atoms with Crippen LogP contribution in [0.3, 0.4) is 0 Å². The van der Waals surface area contributed by atoms with Crippen molar-refractivity contribution in [1.82, 2.24) is 0 Å². The topological polar surface area (TPSA) is 52.6 Å². The van der Waals surface area contributed by atoms with Crippen molar-refractivity contribution in [2.45, 2.75) is 28.6 Å². The Morgan fingerprint density at radius 1 is 1.10 bits per heavy atom. The first kappa shape index (κ1) is 20.0. The molecule has 0 aromatic heterocycles. The van der Waals surface area contributed by atoms with E-state index < -0.39 is 49.8 Å². The molecule has 4 rings (SSSR count). The summed E-state index contributed by atoms with van der Waals surface area (Å²) in [5.74, 6) is -3.49. The van der Waals surface area contributed by atoms with Gasteiger partial charge in [-0.15, -0.1) is 6.58 Å². The minimum Gasteiger partial charge on any atom is -0.490 e. The lowest BCUT2D eigenvalue weighted by Gasteiger charge is -2.50. The van der Waals surface area contributed by atoms with E-state index in [1.54, 1.807) is 6.08 Å². The van der Waals surface area contributed by atoms with Gasteiger partial charge in [0.2, 0.25) is 0 Å². The number of benzene rings is 2. The van der Waals surface area contributed by atoms with Crippen molar-refractivity contribution in [2.75, 3.05) is 13.2 Å². The Labute approximate surface area is 166 Å². The van der Waals surface area contributed by atoms with Crippen LogP contribution in [0.25, 0.3) is 0 Å². The van der Waals surface area contributed by atoms with Crippen molar-refractivity contribution in [3.8, 4) is 5.75 Å². The molecule has 2 aliphatic heterocycles. The molecule has 4 nitrogen and oxygen atoms in total. The largest absolute Gasteiger partial charge is 0.490 e. The van der Waals surface area contributed by atoms with E-state index in [0.29, 0.717) is 6.42 Å². The third-order valence-corrected chi connectivity index (χ3v) is 8.31. The third-order valence-electron chi connectivity index (χ3n) is 5.74. The minimum absolute atomic E-state index is 0.0326. The molecule has 3 atom stereocenters. The molecule has 0 N–H and O–H groups in total. The molecule has 0 aliphatic carbocycles. The smallest absolute Gasteiger partial charge is 0.189 e. The number of fused-ring (bicyclic) bond motifs is 3. The summed E-state index contributed by atoms with van der Waals surface area (Å²) in [7, 11) is -4.27.